The van der Waals surface area contributed by atoms with Crippen molar-refractivity contribution in [1.82, 2.24) is 19.9 Å². The summed E-state index contributed by atoms with van der Waals surface area (Å²) in [5, 5.41) is 0.929. The molecule has 0 amide bonds. The van der Waals surface area contributed by atoms with Crippen LogP contribution in [0.1, 0.15) is 37.3 Å². The molecular weight excluding hydrogens is 395 g/mol. The van der Waals surface area contributed by atoms with Crippen molar-refractivity contribution in [2.24, 2.45) is 11.8 Å². The molecular formula is C24H27FN4O2. The number of likely N-dealkylation sites (tertiary alicyclic amines) is 1. The number of aromatic nitrogens is 3. The van der Waals surface area contributed by atoms with E-state index in [-0.39, 0.29) is 11.7 Å². The first-order valence-corrected chi connectivity index (χ1v) is 11.1. The van der Waals surface area contributed by atoms with E-state index in [0.29, 0.717) is 37.1 Å². The molecule has 1 saturated heterocycles. The Labute approximate surface area is 180 Å². The van der Waals surface area contributed by atoms with Crippen molar-refractivity contribution >= 4 is 16.7 Å². The number of carbonyl (C=O) groups excluding carboxylic acids is 1. The Morgan fingerprint density at radius 2 is 1.97 bits per heavy atom. The van der Waals surface area contributed by atoms with Crippen molar-refractivity contribution in [3.05, 3.63) is 42.2 Å². The third kappa shape index (κ3) is 4.51. The first-order chi connectivity index (χ1) is 15.0. The monoisotopic (exact) mass is 422 g/mol. The van der Waals surface area contributed by atoms with Gasteiger partial charge in [0.05, 0.1) is 11.7 Å². The lowest BCUT2D eigenvalue weighted by molar-refractivity contribution is -0.123. The molecule has 162 valence electrons. The normalized spacial score (nSPS) is 22.5. The number of oxazole rings is 1. The van der Waals surface area contributed by atoms with Crippen LogP contribution in [0.3, 0.4) is 0 Å². The maximum Gasteiger partial charge on any atom is 0.191 e. The van der Waals surface area contributed by atoms with Crippen molar-refractivity contribution in [3.8, 4) is 11.5 Å². The van der Waals surface area contributed by atoms with Crippen LogP contribution in [-0.4, -0.2) is 51.4 Å². The lowest BCUT2D eigenvalue weighted by Crippen LogP contribution is -2.50. The van der Waals surface area contributed by atoms with E-state index in [2.05, 4.69) is 19.9 Å². The summed E-state index contributed by atoms with van der Waals surface area (Å²) in [4.78, 5) is 28.4. The van der Waals surface area contributed by atoms with Gasteiger partial charge in [-0.2, -0.15) is 0 Å². The molecule has 0 bridgehead atoms. The Kier molecular flexibility index (Phi) is 5.52. The van der Waals surface area contributed by atoms with Crippen LogP contribution in [0.2, 0.25) is 0 Å². The Morgan fingerprint density at radius 1 is 1.16 bits per heavy atom. The lowest BCUT2D eigenvalue weighted by Gasteiger charge is -2.38. The topological polar surface area (TPSA) is 72.1 Å². The Morgan fingerprint density at radius 3 is 2.68 bits per heavy atom. The van der Waals surface area contributed by atoms with E-state index in [0.717, 1.165) is 54.5 Å². The molecule has 7 heteroatoms. The maximum absolute atomic E-state index is 13.0. The van der Waals surface area contributed by atoms with Crippen LogP contribution in [0.15, 0.2) is 35.0 Å². The van der Waals surface area contributed by atoms with Gasteiger partial charge in [0.25, 0.3) is 0 Å². The molecule has 0 spiro atoms. The molecule has 4 heterocycles. The molecule has 0 aromatic carbocycles. The van der Waals surface area contributed by atoms with Gasteiger partial charge < -0.3 is 4.42 Å². The molecule has 6 nitrogen and oxygen atoms in total. The molecule has 0 unspecified atom stereocenters. The Hall–Kier alpha value is -2.67. The molecule has 31 heavy (non-hydrogen) atoms. The fourth-order valence-electron chi connectivity index (χ4n) is 4.78. The second-order valence-corrected chi connectivity index (χ2v) is 8.98. The van der Waals surface area contributed by atoms with Crippen LogP contribution in [0, 0.1) is 18.8 Å². The average Bonchev–Trinajstić information content (AvgIpc) is 3.19. The number of halogens is 1. The van der Waals surface area contributed by atoms with Gasteiger partial charge in [0.1, 0.15) is 17.6 Å². The zero-order valence-electron chi connectivity index (χ0n) is 17.8. The number of alkyl halides is 1. The molecule has 5 rings (SSSR count). The summed E-state index contributed by atoms with van der Waals surface area (Å²) in [5.41, 5.74) is 2.28. The largest absolute Gasteiger partial charge is 0.439 e. The molecule has 0 radical (unpaired) electrons. The van der Waals surface area contributed by atoms with Gasteiger partial charge in [-0.15, -0.1) is 0 Å². The highest BCUT2D eigenvalue weighted by Gasteiger charge is 2.31. The van der Waals surface area contributed by atoms with Gasteiger partial charge >= 0.3 is 0 Å². The fraction of sp³-hybridized carbons (Fsp3) is 0.500. The number of ketones is 1. The van der Waals surface area contributed by atoms with E-state index < -0.39 is 6.17 Å². The first kappa shape index (κ1) is 20.2. The zero-order valence-corrected chi connectivity index (χ0v) is 17.8. The lowest BCUT2D eigenvalue weighted by atomic mass is 9.78. The quantitative estimate of drug-likeness (QED) is 0.594. The summed E-state index contributed by atoms with van der Waals surface area (Å²) in [6.07, 6.45) is 7.11. The summed E-state index contributed by atoms with van der Waals surface area (Å²) in [7, 11) is 0. The predicted molar refractivity (Wildman–Crippen MR) is 115 cm³/mol. The highest BCUT2D eigenvalue weighted by molar-refractivity contribution is 5.85. The van der Waals surface area contributed by atoms with Crippen molar-refractivity contribution in [1.29, 1.82) is 0 Å². The van der Waals surface area contributed by atoms with Crippen molar-refractivity contribution in [2.75, 3.05) is 19.6 Å². The predicted octanol–water partition coefficient (Wildman–Crippen LogP) is 4.16. The molecule has 1 saturated carbocycles. The molecule has 3 aromatic rings. The minimum Gasteiger partial charge on any atom is -0.439 e. The van der Waals surface area contributed by atoms with Gasteiger partial charge in [0, 0.05) is 56.2 Å². The van der Waals surface area contributed by atoms with E-state index in [4.69, 9.17) is 4.42 Å². The smallest absolute Gasteiger partial charge is 0.191 e. The first-order valence-electron chi connectivity index (χ1n) is 11.1. The van der Waals surface area contributed by atoms with Gasteiger partial charge in [-0.3, -0.25) is 14.7 Å². The zero-order chi connectivity index (χ0) is 21.4. The molecule has 0 atom stereocenters. The van der Waals surface area contributed by atoms with E-state index in [1.165, 1.54) is 0 Å². The molecule has 1 aliphatic carbocycles. The Balaban J connectivity index is 1.21. The van der Waals surface area contributed by atoms with Gasteiger partial charge in [0.15, 0.2) is 11.7 Å². The van der Waals surface area contributed by atoms with Crippen LogP contribution >= 0.6 is 0 Å². The minimum atomic E-state index is -0.641. The number of hydrogen-bond donors (Lipinski definition) is 0. The number of rotatable bonds is 6. The standard InChI is InChI=1S/C24H27FN4O2/c1-15-26-11-24(31-15)21-7-6-18-10-27-20(8-22(18)28-21)9-23(30)17-4-2-16(3-5-17)12-29-13-19(25)14-29/h6-8,10-11,16-17,19H,2-5,9,12-14H2,1H3. The van der Waals surface area contributed by atoms with Crippen molar-refractivity contribution in [2.45, 2.75) is 45.2 Å². The SMILES string of the molecule is Cc1ncc(-c2ccc3cnc(CC(=O)C4CCC(CN5CC(F)C5)CC4)cc3n2)o1. The van der Waals surface area contributed by atoms with Gasteiger partial charge in [0.2, 0.25) is 0 Å². The molecule has 2 fully saturated rings. The van der Waals surface area contributed by atoms with Gasteiger partial charge in [-0.1, -0.05) is 0 Å². The van der Waals surface area contributed by atoms with E-state index in [1.807, 2.05) is 18.2 Å². The highest BCUT2D eigenvalue weighted by atomic mass is 19.1. The van der Waals surface area contributed by atoms with Crippen LogP contribution in [0.4, 0.5) is 4.39 Å². The third-order valence-electron chi connectivity index (χ3n) is 6.59. The number of fused-ring (bicyclic) bond motifs is 1. The maximum atomic E-state index is 13.0. The van der Waals surface area contributed by atoms with E-state index in [9.17, 15) is 9.18 Å². The summed E-state index contributed by atoms with van der Waals surface area (Å²) in [5.74, 6) is 2.20. The number of pyridine rings is 2. The van der Waals surface area contributed by atoms with Gasteiger partial charge in [-0.05, 0) is 49.8 Å². The molecule has 1 aliphatic heterocycles. The second kappa shape index (κ2) is 8.46. The van der Waals surface area contributed by atoms with E-state index >= 15 is 0 Å². The fourth-order valence-corrected chi connectivity index (χ4v) is 4.78. The summed E-state index contributed by atoms with van der Waals surface area (Å²) >= 11 is 0. The molecule has 0 N–H and O–H groups in total. The number of Topliss-reactive ketones (excluding diaryl/α,β-unsaturated/α-hetero) is 1. The number of aryl methyl sites for hydroxylation is 1. The van der Waals surface area contributed by atoms with Gasteiger partial charge in [-0.25, -0.2) is 14.4 Å². The number of carbonyl (C=O) groups is 1. The van der Waals surface area contributed by atoms with Crippen LogP contribution in [0.25, 0.3) is 22.4 Å². The van der Waals surface area contributed by atoms with Crippen molar-refractivity contribution in [3.63, 3.8) is 0 Å². The Bertz CT molecular complexity index is 1080. The summed E-state index contributed by atoms with van der Waals surface area (Å²) in [6, 6.07) is 5.75. The second-order valence-electron chi connectivity index (χ2n) is 8.98. The van der Waals surface area contributed by atoms with Crippen molar-refractivity contribution < 1.29 is 13.6 Å². The van der Waals surface area contributed by atoms with Crippen LogP contribution in [-0.2, 0) is 11.2 Å². The molecule has 2 aliphatic rings. The molecule has 3 aromatic heterocycles. The summed E-state index contributed by atoms with van der Waals surface area (Å²) < 4.78 is 18.6. The van der Waals surface area contributed by atoms with Crippen LogP contribution in [0.5, 0.6) is 0 Å². The highest BCUT2D eigenvalue weighted by Crippen LogP contribution is 2.32. The number of nitrogens with zero attached hydrogens (tertiary/aromatic N) is 4. The number of hydrogen-bond acceptors (Lipinski definition) is 6. The van der Waals surface area contributed by atoms with E-state index in [1.54, 1.807) is 19.3 Å². The van der Waals surface area contributed by atoms with Crippen LogP contribution < -0.4 is 0 Å². The summed E-state index contributed by atoms with van der Waals surface area (Å²) in [6.45, 7) is 3.94. The third-order valence-corrected chi connectivity index (χ3v) is 6.59. The minimum absolute atomic E-state index is 0.107. The average molecular weight is 423 g/mol.